The third-order valence-corrected chi connectivity index (χ3v) is 3.85. The zero-order valence-electron chi connectivity index (χ0n) is 11.2. The van der Waals surface area contributed by atoms with Crippen LogP contribution in [0, 0.1) is 12.8 Å². The van der Waals surface area contributed by atoms with Crippen LogP contribution in [0.5, 0.6) is 0 Å². The zero-order chi connectivity index (χ0) is 12.5. The maximum Gasteiger partial charge on any atom is 0.113 e. The molecule has 1 aromatic carbocycles. The fourth-order valence-electron chi connectivity index (χ4n) is 2.82. The summed E-state index contributed by atoms with van der Waals surface area (Å²) in [6, 6.07) is 8.73. The molecule has 0 radical (unpaired) electrons. The zero-order valence-corrected chi connectivity index (χ0v) is 11.2. The lowest BCUT2D eigenvalue weighted by atomic mass is 10.00. The van der Waals surface area contributed by atoms with E-state index >= 15 is 0 Å². The van der Waals surface area contributed by atoms with Crippen molar-refractivity contribution in [3.63, 3.8) is 0 Å². The Bertz CT molecular complexity index is 554. The average Bonchev–Trinajstić information content (AvgIpc) is 2.72. The lowest BCUT2D eigenvalue weighted by molar-refractivity contribution is 0.392. The van der Waals surface area contributed by atoms with Crippen molar-refractivity contribution in [2.75, 3.05) is 0 Å². The van der Waals surface area contributed by atoms with E-state index in [4.69, 9.17) is 0 Å². The molecule has 0 saturated heterocycles. The molecule has 1 aliphatic rings. The van der Waals surface area contributed by atoms with Crippen LogP contribution in [0.15, 0.2) is 30.5 Å². The minimum absolute atomic E-state index is 0.781. The molecule has 18 heavy (non-hydrogen) atoms. The Labute approximate surface area is 109 Å². The molecular formula is C16H20N2. The van der Waals surface area contributed by atoms with Crippen molar-refractivity contribution in [2.45, 2.75) is 39.7 Å². The molecular weight excluding hydrogens is 220 g/mol. The van der Waals surface area contributed by atoms with Gasteiger partial charge in [0, 0.05) is 24.9 Å². The normalized spacial score (nSPS) is 18.7. The number of aromatic nitrogens is 2. The van der Waals surface area contributed by atoms with Gasteiger partial charge in [-0.3, -0.25) is 0 Å². The van der Waals surface area contributed by atoms with Crippen molar-refractivity contribution >= 4 is 0 Å². The Balaban J connectivity index is 1.87. The predicted octanol–water partition coefficient (Wildman–Crippen LogP) is 3.36. The topological polar surface area (TPSA) is 17.8 Å². The largest absolute Gasteiger partial charge is 0.332 e. The summed E-state index contributed by atoms with van der Waals surface area (Å²) in [7, 11) is 0. The third-order valence-electron chi connectivity index (χ3n) is 3.85. The van der Waals surface area contributed by atoms with Gasteiger partial charge in [0.05, 0.1) is 0 Å². The Morgan fingerprint density at radius 2 is 2.28 bits per heavy atom. The molecule has 1 unspecified atom stereocenters. The van der Waals surface area contributed by atoms with E-state index in [-0.39, 0.29) is 0 Å². The molecule has 0 aliphatic carbocycles. The summed E-state index contributed by atoms with van der Waals surface area (Å²) < 4.78 is 2.43. The first-order valence-corrected chi connectivity index (χ1v) is 6.81. The second kappa shape index (κ2) is 4.60. The van der Waals surface area contributed by atoms with Crippen LogP contribution in [0.4, 0.5) is 0 Å². The number of rotatable bonds is 2. The van der Waals surface area contributed by atoms with Crippen LogP contribution in [-0.4, -0.2) is 9.55 Å². The van der Waals surface area contributed by atoms with Gasteiger partial charge in [-0.15, -0.1) is 0 Å². The van der Waals surface area contributed by atoms with Crippen molar-refractivity contribution in [2.24, 2.45) is 5.92 Å². The molecule has 94 valence electrons. The van der Waals surface area contributed by atoms with E-state index in [1.165, 1.54) is 35.5 Å². The first-order chi connectivity index (χ1) is 8.72. The van der Waals surface area contributed by atoms with E-state index in [0.29, 0.717) is 0 Å². The summed E-state index contributed by atoms with van der Waals surface area (Å²) in [5.41, 5.74) is 4.10. The molecule has 0 saturated carbocycles. The minimum Gasteiger partial charge on any atom is -0.332 e. The molecule has 0 amide bonds. The molecule has 2 heteroatoms. The first-order valence-electron chi connectivity index (χ1n) is 6.81. The highest BCUT2D eigenvalue weighted by atomic mass is 15.1. The lowest BCUT2D eigenvalue weighted by Crippen LogP contribution is -2.19. The lowest BCUT2D eigenvalue weighted by Gasteiger charge is -2.22. The number of hydrogen-bond donors (Lipinski definition) is 0. The van der Waals surface area contributed by atoms with E-state index in [9.17, 15) is 0 Å². The monoisotopic (exact) mass is 240 g/mol. The summed E-state index contributed by atoms with van der Waals surface area (Å²) in [5.74, 6) is 2.00. The molecule has 0 spiro atoms. The molecule has 0 fully saturated rings. The molecule has 2 heterocycles. The number of imidazole rings is 1. The second-order valence-corrected chi connectivity index (χ2v) is 5.59. The third kappa shape index (κ3) is 2.20. The van der Waals surface area contributed by atoms with Crippen LogP contribution < -0.4 is 0 Å². The molecule has 3 rings (SSSR count). The van der Waals surface area contributed by atoms with Gasteiger partial charge in [-0.05, 0) is 31.2 Å². The molecule has 2 aromatic rings. The van der Waals surface area contributed by atoms with Gasteiger partial charge in [0.25, 0.3) is 0 Å². The minimum atomic E-state index is 0.781. The maximum atomic E-state index is 4.62. The van der Waals surface area contributed by atoms with Gasteiger partial charge in [-0.1, -0.05) is 36.8 Å². The fourth-order valence-corrected chi connectivity index (χ4v) is 2.82. The van der Waals surface area contributed by atoms with Gasteiger partial charge < -0.3 is 4.57 Å². The van der Waals surface area contributed by atoms with Crippen LogP contribution >= 0.6 is 0 Å². The summed E-state index contributed by atoms with van der Waals surface area (Å²) >= 11 is 0. The summed E-state index contributed by atoms with van der Waals surface area (Å²) in [5, 5.41) is 0. The highest BCUT2D eigenvalue weighted by Crippen LogP contribution is 2.22. The number of aryl methyl sites for hydroxylation is 2. The standard InChI is InChI=1S/C16H20N2/c1-12-4-3-5-14(8-12)9-16-17-10-15-7-6-13(2)11-18(15)16/h3-5,8,10,13H,6-7,9,11H2,1-2H3. The highest BCUT2D eigenvalue weighted by molar-refractivity contribution is 5.25. The fraction of sp³-hybridized carbons (Fsp3) is 0.438. The molecule has 0 bridgehead atoms. The summed E-state index contributed by atoms with van der Waals surface area (Å²) in [6.07, 6.45) is 5.50. The van der Waals surface area contributed by atoms with Gasteiger partial charge in [0.15, 0.2) is 0 Å². The summed E-state index contributed by atoms with van der Waals surface area (Å²) in [4.78, 5) is 4.62. The number of fused-ring (bicyclic) bond motifs is 1. The SMILES string of the molecule is Cc1cccc(Cc2ncc3n2CC(C)CC3)c1. The van der Waals surface area contributed by atoms with Crippen LogP contribution in [0.25, 0.3) is 0 Å². The van der Waals surface area contributed by atoms with E-state index < -0.39 is 0 Å². The van der Waals surface area contributed by atoms with Crippen molar-refractivity contribution in [1.29, 1.82) is 0 Å². The number of nitrogens with zero attached hydrogens (tertiary/aromatic N) is 2. The van der Waals surface area contributed by atoms with Crippen molar-refractivity contribution in [3.05, 3.63) is 53.1 Å². The Hall–Kier alpha value is -1.57. The summed E-state index contributed by atoms with van der Waals surface area (Å²) in [6.45, 7) is 5.61. The average molecular weight is 240 g/mol. The van der Waals surface area contributed by atoms with Crippen molar-refractivity contribution < 1.29 is 0 Å². The second-order valence-electron chi connectivity index (χ2n) is 5.59. The Morgan fingerprint density at radius 3 is 3.11 bits per heavy atom. The van der Waals surface area contributed by atoms with Crippen LogP contribution in [0.3, 0.4) is 0 Å². The van der Waals surface area contributed by atoms with Gasteiger partial charge >= 0.3 is 0 Å². The van der Waals surface area contributed by atoms with Crippen LogP contribution in [0.1, 0.15) is 36.0 Å². The molecule has 1 aromatic heterocycles. The van der Waals surface area contributed by atoms with E-state index in [0.717, 1.165) is 18.9 Å². The quantitative estimate of drug-likeness (QED) is 0.787. The molecule has 1 aliphatic heterocycles. The van der Waals surface area contributed by atoms with Crippen LogP contribution in [-0.2, 0) is 19.4 Å². The maximum absolute atomic E-state index is 4.62. The van der Waals surface area contributed by atoms with E-state index in [1.807, 2.05) is 0 Å². The number of hydrogen-bond acceptors (Lipinski definition) is 1. The first kappa shape index (κ1) is 11.5. The van der Waals surface area contributed by atoms with Gasteiger partial charge in [0.1, 0.15) is 5.82 Å². The smallest absolute Gasteiger partial charge is 0.113 e. The van der Waals surface area contributed by atoms with E-state index in [2.05, 4.69) is 53.9 Å². The van der Waals surface area contributed by atoms with Gasteiger partial charge in [-0.25, -0.2) is 4.98 Å². The molecule has 0 N–H and O–H groups in total. The van der Waals surface area contributed by atoms with Crippen molar-refractivity contribution in [3.8, 4) is 0 Å². The Morgan fingerprint density at radius 1 is 1.39 bits per heavy atom. The highest BCUT2D eigenvalue weighted by Gasteiger charge is 2.18. The predicted molar refractivity (Wildman–Crippen MR) is 73.7 cm³/mol. The Kier molecular flexibility index (Phi) is 2.94. The van der Waals surface area contributed by atoms with Crippen molar-refractivity contribution in [1.82, 2.24) is 9.55 Å². The van der Waals surface area contributed by atoms with Crippen LogP contribution in [0.2, 0.25) is 0 Å². The van der Waals surface area contributed by atoms with E-state index in [1.54, 1.807) is 0 Å². The van der Waals surface area contributed by atoms with Gasteiger partial charge in [-0.2, -0.15) is 0 Å². The van der Waals surface area contributed by atoms with Gasteiger partial charge in [0.2, 0.25) is 0 Å². The molecule has 1 atom stereocenters. The molecule has 2 nitrogen and oxygen atoms in total. The number of benzene rings is 1.